The predicted octanol–water partition coefficient (Wildman–Crippen LogP) is 1.93. The van der Waals surface area contributed by atoms with Gasteiger partial charge in [0.05, 0.1) is 6.10 Å². The van der Waals surface area contributed by atoms with Crippen molar-refractivity contribution in [3.8, 4) is 9.85 Å². The van der Waals surface area contributed by atoms with Gasteiger partial charge < -0.3 is 5.11 Å². The molecular formula is C8H11IO. The third-order valence-electron chi connectivity index (χ3n) is 1.97. The second-order valence-electron chi connectivity index (χ2n) is 2.70. The van der Waals surface area contributed by atoms with E-state index >= 15 is 0 Å². The van der Waals surface area contributed by atoms with Gasteiger partial charge in [0.25, 0.3) is 0 Å². The number of rotatable bonds is 0. The molecule has 0 heterocycles. The van der Waals surface area contributed by atoms with Crippen molar-refractivity contribution < 1.29 is 5.11 Å². The zero-order valence-corrected chi connectivity index (χ0v) is 7.97. The lowest BCUT2D eigenvalue weighted by Gasteiger charge is -2.22. The Morgan fingerprint density at radius 3 is 2.60 bits per heavy atom. The number of hydrogen-bond donors (Lipinski definition) is 1. The van der Waals surface area contributed by atoms with Crippen LogP contribution in [-0.4, -0.2) is 11.2 Å². The Morgan fingerprint density at radius 1 is 1.30 bits per heavy atom. The zero-order valence-electron chi connectivity index (χ0n) is 5.81. The van der Waals surface area contributed by atoms with E-state index in [-0.39, 0.29) is 12.0 Å². The Labute approximate surface area is 75.3 Å². The minimum Gasteiger partial charge on any atom is -0.392 e. The highest BCUT2D eigenvalue weighted by Gasteiger charge is 2.20. The third kappa shape index (κ3) is 2.14. The second-order valence-corrected chi connectivity index (χ2v) is 3.24. The molecule has 10 heavy (non-hydrogen) atoms. The van der Waals surface area contributed by atoms with Crippen molar-refractivity contribution >= 4 is 22.6 Å². The lowest BCUT2D eigenvalue weighted by atomic mass is 9.87. The lowest BCUT2D eigenvalue weighted by molar-refractivity contribution is 0.0971. The van der Waals surface area contributed by atoms with Crippen LogP contribution in [0.1, 0.15) is 25.7 Å². The maximum atomic E-state index is 9.39. The van der Waals surface area contributed by atoms with Crippen LogP contribution in [0.4, 0.5) is 0 Å². The first-order valence-corrected chi connectivity index (χ1v) is 4.71. The molecule has 1 aliphatic carbocycles. The smallest absolute Gasteiger partial charge is 0.0677 e. The molecule has 1 nitrogen and oxygen atoms in total. The van der Waals surface area contributed by atoms with Gasteiger partial charge in [-0.15, -0.1) is 0 Å². The van der Waals surface area contributed by atoms with Crippen molar-refractivity contribution in [1.82, 2.24) is 0 Å². The summed E-state index contributed by atoms with van der Waals surface area (Å²) in [6.45, 7) is 0. The Morgan fingerprint density at radius 2 is 2.00 bits per heavy atom. The van der Waals surface area contributed by atoms with Crippen LogP contribution < -0.4 is 0 Å². The molecule has 2 atom stereocenters. The number of halogens is 1. The Balaban J connectivity index is 2.45. The fraction of sp³-hybridized carbons (Fsp3) is 0.750. The zero-order chi connectivity index (χ0) is 7.40. The van der Waals surface area contributed by atoms with Crippen molar-refractivity contribution in [2.45, 2.75) is 31.8 Å². The molecule has 0 radical (unpaired) electrons. The van der Waals surface area contributed by atoms with Crippen LogP contribution in [0.5, 0.6) is 0 Å². The standard InChI is InChI=1S/C8H11IO/c9-6-5-7-3-1-2-4-8(7)10/h7-8,10H,1-4H2. The molecular weight excluding hydrogens is 239 g/mol. The summed E-state index contributed by atoms with van der Waals surface area (Å²) >= 11 is 2.03. The molecule has 0 aromatic rings. The molecule has 0 aromatic carbocycles. The summed E-state index contributed by atoms with van der Waals surface area (Å²) in [5, 5.41) is 9.39. The molecule has 0 spiro atoms. The first-order chi connectivity index (χ1) is 4.84. The summed E-state index contributed by atoms with van der Waals surface area (Å²) in [5.41, 5.74) is 0. The van der Waals surface area contributed by atoms with Gasteiger partial charge in [0.2, 0.25) is 0 Å². The summed E-state index contributed by atoms with van der Waals surface area (Å²) in [4.78, 5) is 0. The summed E-state index contributed by atoms with van der Waals surface area (Å²) in [6, 6.07) is 0. The second kappa shape index (κ2) is 4.20. The van der Waals surface area contributed by atoms with Crippen molar-refractivity contribution in [2.24, 2.45) is 5.92 Å². The highest BCUT2D eigenvalue weighted by molar-refractivity contribution is 14.1. The molecule has 2 unspecified atom stereocenters. The van der Waals surface area contributed by atoms with Gasteiger partial charge >= 0.3 is 0 Å². The molecule has 1 fully saturated rings. The molecule has 0 bridgehead atoms. The molecule has 1 aliphatic rings. The van der Waals surface area contributed by atoms with Crippen LogP contribution in [0.15, 0.2) is 0 Å². The van der Waals surface area contributed by atoms with E-state index in [4.69, 9.17) is 0 Å². The summed E-state index contributed by atoms with van der Waals surface area (Å²) in [6.07, 6.45) is 4.26. The van der Waals surface area contributed by atoms with Gasteiger partial charge in [-0.05, 0) is 16.8 Å². The van der Waals surface area contributed by atoms with Crippen molar-refractivity contribution in [3.05, 3.63) is 0 Å². The van der Waals surface area contributed by atoms with Gasteiger partial charge in [-0.25, -0.2) is 0 Å². The fourth-order valence-corrected chi connectivity index (χ4v) is 1.75. The number of aliphatic hydroxyl groups excluding tert-OH is 1. The Kier molecular flexibility index (Phi) is 3.50. The third-order valence-corrected chi connectivity index (χ3v) is 2.28. The van der Waals surface area contributed by atoms with Gasteiger partial charge in [0.15, 0.2) is 0 Å². The molecule has 0 saturated heterocycles. The first kappa shape index (κ1) is 8.35. The fourth-order valence-electron chi connectivity index (χ4n) is 1.35. The van der Waals surface area contributed by atoms with E-state index < -0.39 is 0 Å². The van der Waals surface area contributed by atoms with Gasteiger partial charge in [-0.3, -0.25) is 0 Å². The summed E-state index contributed by atoms with van der Waals surface area (Å²) in [5.74, 6) is 3.28. The van der Waals surface area contributed by atoms with Crippen LogP contribution in [-0.2, 0) is 0 Å². The molecule has 56 valence electrons. The highest BCUT2D eigenvalue weighted by Crippen LogP contribution is 2.23. The monoisotopic (exact) mass is 250 g/mol. The van der Waals surface area contributed by atoms with E-state index in [0.29, 0.717) is 0 Å². The van der Waals surface area contributed by atoms with Crippen LogP contribution >= 0.6 is 22.6 Å². The van der Waals surface area contributed by atoms with E-state index in [9.17, 15) is 5.11 Å². The summed E-state index contributed by atoms with van der Waals surface area (Å²) < 4.78 is 2.83. The van der Waals surface area contributed by atoms with E-state index in [2.05, 4.69) is 9.85 Å². The van der Waals surface area contributed by atoms with Crippen LogP contribution in [0, 0.1) is 15.8 Å². The van der Waals surface area contributed by atoms with Gasteiger partial charge in [-0.1, -0.05) is 18.8 Å². The quantitative estimate of drug-likeness (QED) is 0.514. The molecule has 1 saturated carbocycles. The molecule has 0 aromatic heterocycles. The van der Waals surface area contributed by atoms with Gasteiger partial charge in [0, 0.05) is 28.5 Å². The maximum Gasteiger partial charge on any atom is 0.0677 e. The van der Waals surface area contributed by atoms with Crippen LogP contribution in [0.2, 0.25) is 0 Å². The van der Waals surface area contributed by atoms with Crippen molar-refractivity contribution in [1.29, 1.82) is 0 Å². The number of hydrogen-bond acceptors (Lipinski definition) is 1. The first-order valence-electron chi connectivity index (χ1n) is 3.64. The molecule has 0 aliphatic heterocycles. The number of aliphatic hydroxyl groups is 1. The Hall–Kier alpha value is 0.250. The van der Waals surface area contributed by atoms with Gasteiger partial charge in [-0.2, -0.15) is 0 Å². The minimum absolute atomic E-state index is 0.156. The van der Waals surface area contributed by atoms with E-state index in [1.807, 2.05) is 22.6 Å². The largest absolute Gasteiger partial charge is 0.392 e. The average molecular weight is 250 g/mol. The predicted molar refractivity (Wildman–Crippen MR) is 49.8 cm³/mol. The Bertz CT molecular complexity index is 156. The molecule has 1 rings (SSSR count). The maximum absolute atomic E-state index is 9.39. The topological polar surface area (TPSA) is 20.2 Å². The van der Waals surface area contributed by atoms with Crippen molar-refractivity contribution in [3.63, 3.8) is 0 Å². The van der Waals surface area contributed by atoms with Crippen LogP contribution in [0.25, 0.3) is 0 Å². The normalized spacial score (nSPS) is 32.6. The van der Waals surface area contributed by atoms with Crippen molar-refractivity contribution in [2.75, 3.05) is 0 Å². The van der Waals surface area contributed by atoms with Crippen LogP contribution in [0.3, 0.4) is 0 Å². The summed E-state index contributed by atoms with van der Waals surface area (Å²) in [7, 11) is 0. The SMILES string of the molecule is OC1CCCCC1C#CI. The van der Waals surface area contributed by atoms with E-state index in [0.717, 1.165) is 12.8 Å². The molecule has 1 N–H and O–H groups in total. The molecule has 2 heteroatoms. The van der Waals surface area contributed by atoms with E-state index in [1.54, 1.807) is 0 Å². The molecule has 0 amide bonds. The van der Waals surface area contributed by atoms with E-state index in [1.165, 1.54) is 12.8 Å². The lowest BCUT2D eigenvalue weighted by Crippen LogP contribution is -2.22. The van der Waals surface area contributed by atoms with Gasteiger partial charge in [0.1, 0.15) is 0 Å². The minimum atomic E-state index is -0.156. The highest BCUT2D eigenvalue weighted by atomic mass is 127. The average Bonchev–Trinajstić information content (AvgIpc) is 1.94.